The second-order valence-electron chi connectivity index (χ2n) is 3.91. The summed E-state index contributed by atoms with van der Waals surface area (Å²) in [7, 11) is 1.68. The highest BCUT2D eigenvalue weighted by Gasteiger charge is 2.33. The normalized spacial score (nSPS) is 24.7. The van der Waals surface area contributed by atoms with Gasteiger partial charge in [0, 0.05) is 0 Å². The summed E-state index contributed by atoms with van der Waals surface area (Å²) in [5.74, 6) is 1.65. The van der Waals surface area contributed by atoms with Gasteiger partial charge >= 0.3 is 0 Å². The number of benzene rings is 1. The van der Waals surface area contributed by atoms with E-state index in [9.17, 15) is 0 Å². The van der Waals surface area contributed by atoms with Gasteiger partial charge in [0.05, 0.1) is 19.8 Å². The zero-order chi connectivity index (χ0) is 9.97. The van der Waals surface area contributed by atoms with E-state index in [1.165, 1.54) is 12.0 Å². The third-order valence-electron chi connectivity index (χ3n) is 2.66. The maximum Gasteiger partial charge on any atom is 0.118 e. The molecule has 0 N–H and O–H groups in total. The summed E-state index contributed by atoms with van der Waals surface area (Å²) in [6, 6.07) is 8.03. The van der Waals surface area contributed by atoms with Crippen LogP contribution in [0.25, 0.3) is 0 Å². The van der Waals surface area contributed by atoms with E-state index in [1.54, 1.807) is 7.11 Å². The molecular weight excluding hydrogens is 176 g/mol. The maximum absolute atomic E-state index is 5.68. The van der Waals surface area contributed by atoms with Crippen LogP contribution in [0.5, 0.6) is 5.75 Å². The van der Waals surface area contributed by atoms with Crippen LogP contribution in [0.2, 0.25) is 0 Å². The fraction of sp³-hybridized carbons (Fsp3) is 0.500. The lowest BCUT2D eigenvalue weighted by molar-refractivity contribution is 0.0970. The van der Waals surface area contributed by atoms with Crippen molar-refractivity contribution in [3.05, 3.63) is 29.8 Å². The van der Waals surface area contributed by atoms with Crippen molar-refractivity contribution >= 4 is 0 Å². The highest BCUT2D eigenvalue weighted by Crippen LogP contribution is 2.33. The second-order valence-corrected chi connectivity index (χ2v) is 3.91. The first kappa shape index (κ1) is 9.53. The van der Waals surface area contributed by atoms with Crippen molar-refractivity contribution in [1.29, 1.82) is 0 Å². The minimum Gasteiger partial charge on any atom is -0.497 e. The van der Waals surface area contributed by atoms with Crippen molar-refractivity contribution in [3.63, 3.8) is 0 Å². The van der Waals surface area contributed by atoms with Gasteiger partial charge in [0.25, 0.3) is 0 Å². The Morgan fingerprint density at radius 3 is 2.43 bits per heavy atom. The molecule has 2 heteroatoms. The van der Waals surface area contributed by atoms with E-state index in [0.717, 1.165) is 18.3 Å². The highest BCUT2D eigenvalue weighted by atomic mass is 16.5. The van der Waals surface area contributed by atoms with Crippen molar-refractivity contribution < 1.29 is 9.47 Å². The maximum atomic E-state index is 5.68. The first-order valence-electron chi connectivity index (χ1n) is 5.04. The van der Waals surface area contributed by atoms with Gasteiger partial charge < -0.3 is 9.47 Å². The van der Waals surface area contributed by atoms with Crippen LogP contribution in [0.15, 0.2) is 24.3 Å². The molecule has 1 aromatic carbocycles. The van der Waals surface area contributed by atoms with Crippen LogP contribution in [-0.4, -0.2) is 13.2 Å². The van der Waals surface area contributed by atoms with Gasteiger partial charge in [-0.1, -0.05) is 19.1 Å². The van der Waals surface area contributed by atoms with E-state index < -0.39 is 0 Å². The van der Waals surface area contributed by atoms with E-state index in [4.69, 9.17) is 9.47 Å². The Bertz CT molecular complexity index is 292. The predicted octanol–water partition coefficient (Wildman–Crippen LogP) is 2.62. The summed E-state index contributed by atoms with van der Waals surface area (Å²) >= 11 is 0. The van der Waals surface area contributed by atoms with Gasteiger partial charge in [-0.3, -0.25) is 0 Å². The van der Waals surface area contributed by atoms with E-state index in [2.05, 4.69) is 6.92 Å². The Balaban J connectivity index is 1.84. The fourth-order valence-corrected chi connectivity index (χ4v) is 1.45. The van der Waals surface area contributed by atoms with Crippen LogP contribution < -0.4 is 4.74 Å². The zero-order valence-electron chi connectivity index (χ0n) is 8.69. The van der Waals surface area contributed by atoms with Gasteiger partial charge in [0.2, 0.25) is 0 Å². The van der Waals surface area contributed by atoms with Crippen molar-refractivity contribution in [1.82, 2.24) is 0 Å². The number of rotatable bonds is 4. The molecule has 0 spiro atoms. The van der Waals surface area contributed by atoms with Crippen LogP contribution in [0.1, 0.15) is 18.9 Å². The van der Waals surface area contributed by atoms with E-state index in [-0.39, 0.29) is 0 Å². The Kier molecular flexibility index (Phi) is 2.73. The Morgan fingerprint density at radius 2 is 1.93 bits per heavy atom. The molecule has 0 amide bonds. The third-order valence-corrected chi connectivity index (χ3v) is 2.66. The first-order valence-corrected chi connectivity index (χ1v) is 5.04. The van der Waals surface area contributed by atoms with Crippen molar-refractivity contribution in [2.24, 2.45) is 5.92 Å². The molecule has 0 radical (unpaired) electrons. The molecule has 0 bridgehead atoms. The molecule has 2 rings (SSSR count). The minimum absolute atomic E-state index is 0.497. The third kappa shape index (κ3) is 2.26. The molecule has 1 saturated carbocycles. The SMILES string of the molecule is COc1ccc(COC2CC2C)cc1. The quantitative estimate of drug-likeness (QED) is 0.730. The molecule has 1 fully saturated rings. The average molecular weight is 192 g/mol. The smallest absolute Gasteiger partial charge is 0.118 e. The minimum atomic E-state index is 0.497. The number of hydrogen-bond donors (Lipinski definition) is 0. The summed E-state index contributed by atoms with van der Waals surface area (Å²) in [5.41, 5.74) is 1.21. The van der Waals surface area contributed by atoms with Crippen LogP contribution >= 0.6 is 0 Å². The van der Waals surface area contributed by atoms with Crippen molar-refractivity contribution in [2.45, 2.75) is 26.1 Å². The molecule has 0 heterocycles. The van der Waals surface area contributed by atoms with Crippen LogP contribution in [0.4, 0.5) is 0 Å². The summed E-state index contributed by atoms with van der Waals surface area (Å²) < 4.78 is 10.8. The van der Waals surface area contributed by atoms with Gasteiger partial charge in [-0.15, -0.1) is 0 Å². The van der Waals surface area contributed by atoms with E-state index >= 15 is 0 Å². The van der Waals surface area contributed by atoms with E-state index in [1.807, 2.05) is 24.3 Å². The Labute approximate surface area is 84.8 Å². The lowest BCUT2D eigenvalue weighted by atomic mass is 10.2. The van der Waals surface area contributed by atoms with Crippen LogP contribution in [-0.2, 0) is 11.3 Å². The first-order chi connectivity index (χ1) is 6.79. The van der Waals surface area contributed by atoms with E-state index in [0.29, 0.717) is 6.10 Å². The van der Waals surface area contributed by atoms with Gasteiger partial charge in [0.1, 0.15) is 5.75 Å². The molecule has 1 aliphatic rings. The molecule has 0 aliphatic heterocycles. The monoisotopic (exact) mass is 192 g/mol. The standard InChI is InChI=1S/C12H16O2/c1-9-7-12(9)14-8-10-3-5-11(13-2)6-4-10/h3-6,9,12H,7-8H2,1-2H3. The molecule has 1 aliphatic carbocycles. The molecule has 0 saturated heterocycles. The Morgan fingerprint density at radius 1 is 1.29 bits per heavy atom. The number of methoxy groups -OCH3 is 1. The molecule has 14 heavy (non-hydrogen) atoms. The zero-order valence-corrected chi connectivity index (χ0v) is 8.69. The molecular formula is C12H16O2. The van der Waals surface area contributed by atoms with Crippen LogP contribution in [0.3, 0.4) is 0 Å². The number of ether oxygens (including phenoxy) is 2. The van der Waals surface area contributed by atoms with Gasteiger partial charge in [-0.25, -0.2) is 0 Å². The molecule has 76 valence electrons. The summed E-state index contributed by atoms with van der Waals surface area (Å²) in [6.45, 7) is 2.94. The molecule has 2 unspecified atom stereocenters. The molecule has 0 aromatic heterocycles. The summed E-state index contributed by atoms with van der Waals surface area (Å²) in [6.07, 6.45) is 1.72. The largest absolute Gasteiger partial charge is 0.497 e. The van der Waals surface area contributed by atoms with Crippen molar-refractivity contribution in [3.8, 4) is 5.75 Å². The van der Waals surface area contributed by atoms with Gasteiger partial charge in [-0.05, 0) is 30.0 Å². The average Bonchev–Trinajstić information content (AvgIpc) is 2.92. The van der Waals surface area contributed by atoms with Crippen molar-refractivity contribution in [2.75, 3.05) is 7.11 Å². The second kappa shape index (κ2) is 4.01. The lowest BCUT2D eigenvalue weighted by Gasteiger charge is -2.04. The van der Waals surface area contributed by atoms with Gasteiger partial charge in [-0.2, -0.15) is 0 Å². The lowest BCUT2D eigenvalue weighted by Crippen LogP contribution is -1.96. The highest BCUT2D eigenvalue weighted by molar-refractivity contribution is 5.26. The summed E-state index contributed by atoms with van der Waals surface area (Å²) in [4.78, 5) is 0. The fourth-order valence-electron chi connectivity index (χ4n) is 1.45. The molecule has 2 nitrogen and oxygen atoms in total. The summed E-state index contributed by atoms with van der Waals surface area (Å²) in [5, 5.41) is 0. The van der Waals surface area contributed by atoms with Crippen LogP contribution in [0, 0.1) is 5.92 Å². The van der Waals surface area contributed by atoms with Gasteiger partial charge in [0.15, 0.2) is 0 Å². The Hall–Kier alpha value is -1.02. The number of hydrogen-bond acceptors (Lipinski definition) is 2. The molecule has 2 atom stereocenters. The predicted molar refractivity (Wildman–Crippen MR) is 55.4 cm³/mol. The molecule has 1 aromatic rings. The topological polar surface area (TPSA) is 18.5 Å².